The summed E-state index contributed by atoms with van der Waals surface area (Å²) < 4.78 is 0.316. The number of benzene rings is 1. The highest BCUT2D eigenvalue weighted by atomic mass is 32.1. The van der Waals surface area contributed by atoms with Crippen LogP contribution in [0.3, 0.4) is 0 Å². The van der Waals surface area contributed by atoms with Gasteiger partial charge in [-0.2, -0.15) is 0 Å². The van der Waals surface area contributed by atoms with Crippen LogP contribution in [0, 0.1) is 14.9 Å². The van der Waals surface area contributed by atoms with Gasteiger partial charge in [0, 0.05) is 37.8 Å². The molecule has 120 valence electrons. The van der Waals surface area contributed by atoms with Gasteiger partial charge in [0.25, 0.3) is 5.56 Å². The molecule has 1 aliphatic rings. The molecule has 0 fully saturated rings. The molecule has 2 heterocycles. The lowest BCUT2D eigenvalue weighted by molar-refractivity contribution is -0.385. The molecule has 0 amide bonds. The fraction of sp³-hybridized carbons (Fsp3) is 0.286. The lowest BCUT2D eigenvalue weighted by Crippen LogP contribution is -2.35. The number of phenols is 1. The number of nitrogens with one attached hydrogen (secondary N) is 2. The molecule has 0 radical (unpaired) electrons. The van der Waals surface area contributed by atoms with Crippen LogP contribution >= 0.6 is 12.2 Å². The van der Waals surface area contributed by atoms with Crippen molar-refractivity contribution in [1.29, 1.82) is 0 Å². The summed E-state index contributed by atoms with van der Waals surface area (Å²) in [5, 5.41) is 20.4. The third kappa shape index (κ3) is 3.15. The number of aromatic hydroxyl groups is 1. The standard InChI is InChI=1S/C14H14N4O4S/c19-12-2-1-8(5-11(12)18(21)22)6-17-4-3-10-9(7-17)13(20)16-14(23)15-10/h1-2,5,19H,3-4,6-7H2,(H2,15,16,20,23). The fourth-order valence-electron chi connectivity index (χ4n) is 2.72. The molecule has 3 rings (SSSR count). The highest BCUT2D eigenvalue weighted by Gasteiger charge is 2.21. The predicted octanol–water partition coefficient (Wildman–Crippen LogP) is 1.60. The molecule has 3 N–H and O–H groups in total. The van der Waals surface area contributed by atoms with Crippen LogP contribution < -0.4 is 5.56 Å². The van der Waals surface area contributed by atoms with E-state index in [1.807, 2.05) is 4.90 Å². The number of phenolic OH excluding ortho intramolecular Hbond substituents is 1. The van der Waals surface area contributed by atoms with Crippen molar-refractivity contribution in [2.75, 3.05) is 6.54 Å². The minimum atomic E-state index is -0.616. The summed E-state index contributed by atoms with van der Waals surface area (Å²) in [5.41, 5.74) is 1.66. The van der Waals surface area contributed by atoms with E-state index in [2.05, 4.69) is 9.97 Å². The Morgan fingerprint density at radius 1 is 1.39 bits per heavy atom. The Morgan fingerprint density at radius 2 is 2.17 bits per heavy atom. The molecule has 0 saturated carbocycles. The van der Waals surface area contributed by atoms with Crippen LogP contribution in [-0.2, 0) is 19.5 Å². The SMILES string of the molecule is O=c1[nH]c(=S)[nH]c2c1CN(Cc1ccc(O)c([N+](=O)[O-])c1)CC2. The fourth-order valence-corrected chi connectivity index (χ4v) is 2.94. The molecule has 0 aliphatic carbocycles. The number of rotatable bonds is 3. The summed E-state index contributed by atoms with van der Waals surface area (Å²) in [5.74, 6) is -0.355. The zero-order chi connectivity index (χ0) is 16.6. The van der Waals surface area contributed by atoms with Gasteiger partial charge in [0.05, 0.1) is 10.5 Å². The number of aromatic nitrogens is 2. The summed E-state index contributed by atoms with van der Waals surface area (Å²) >= 11 is 4.96. The van der Waals surface area contributed by atoms with Gasteiger partial charge in [0.2, 0.25) is 0 Å². The Balaban J connectivity index is 1.83. The quantitative estimate of drug-likeness (QED) is 0.446. The van der Waals surface area contributed by atoms with Crippen molar-refractivity contribution in [3.63, 3.8) is 0 Å². The maximum atomic E-state index is 12.0. The molecule has 1 aliphatic heterocycles. The minimum absolute atomic E-state index is 0.204. The van der Waals surface area contributed by atoms with E-state index in [0.717, 1.165) is 5.69 Å². The van der Waals surface area contributed by atoms with E-state index in [0.29, 0.717) is 42.0 Å². The van der Waals surface area contributed by atoms with Gasteiger partial charge in [-0.15, -0.1) is 0 Å². The van der Waals surface area contributed by atoms with Gasteiger partial charge < -0.3 is 10.1 Å². The van der Waals surface area contributed by atoms with Gasteiger partial charge in [-0.05, 0) is 23.8 Å². The smallest absolute Gasteiger partial charge is 0.311 e. The first-order valence-corrected chi connectivity index (χ1v) is 7.38. The van der Waals surface area contributed by atoms with Crippen molar-refractivity contribution in [2.24, 2.45) is 0 Å². The Hall–Kier alpha value is -2.52. The average Bonchev–Trinajstić information content (AvgIpc) is 2.49. The molecule has 2 aromatic rings. The highest BCUT2D eigenvalue weighted by Crippen LogP contribution is 2.27. The Kier molecular flexibility index (Phi) is 3.97. The molecule has 0 bridgehead atoms. The number of nitro groups is 1. The summed E-state index contributed by atoms with van der Waals surface area (Å²) in [6.07, 6.45) is 0.656. The van der Waals surface area contributed by atoms with Gasteiger partial charge in [0.15, 0.2) is 10.5 Å². The van der Waals surface area contributed by atoms with Gasteiger partial charge in [-0.25, -0.2) is 0 Å². The molecule has 23 heavy (non-hydrogen) atoms. The van der Waals surface area contributed by atoms with Crippen molar-refractivity contribution in [3.05, 3.63) is 60.3 Å². The van der Waals surface area contributed by atoms with Crippen molar-refractivity contribution >= 4 is 17.9 Å². The zero-order valence-corrected chi connectivity index (χ0v) is 12.9. The van der Waals surface area contributed by atoms with Crippen molar-refractivity contribution in [3.8, 4) is 5.75 Å². The Labute approximate surface area is 135 Å². The topological polar surface area (TPSA) is 115 Å². The summed E-state index contributed by atoms with van der Waals surface area (Å²) in [4.78, 5) is 29.8. The second kappa shape index (κ2) is 5.94. The second-order valence-electron chi connectivity index (χ2n) is 5.41. The monoisotopic (exact) mass is 334 g/mol. The van der Waals surface area contributed by atoms with E-state index in [9.17, 15) is 20.0 Å². The van der Waals surface area contributed by atoms with Crippen LogP contribution in [-0.4, -0.2) is 31.4 Å². The number of hydrogen-bond acceptors (Lipinski definition) is 6. The first kappa shape index (κ1) is 15.4. The molecular weight excluding hydrogens is 320 g/mol. The van der Waals surface area contributed by atoms with E-state index >= 15 is 0 Å². The largest absolute Gasteiger partial charge is 0.502 e. The van der Waals surface area contributed by atoms with Crippen LogP contribution in [0.25, 0.3) is 0 Å². The number of hydrogen-bond donors (Lipinski definition) is 3. The van der Waals surface area contributed by atoms with Gasteiger partial charge in [-0.3, -0.25) is 24.8 Å². The molecule has 0 unspecified atom stereocenters. The Morgan fingerprint density at radius 3 is 2.91 bits per heavy atom. The lowest BCUT2D eigenvalue weighted by atomic mass is 10.1. The first-order chi connectivity index (χ1) is 10.9. The average molecular weight is 334 g/mol. The second-order valence-corrected chi connectivity index (χ2v) is 5.81. The molecule has 8 nitrogen and oxygen atoms in total. The number of fused-ring (bicyclic) bond motifs is 1. The number of nitrogens with zero attached hydrogens (tertiary/aromatic N) is 2. The number of aromatic amines is 2. The Bertz CT molecular complexity index is 889. The number of H-pyrrole nitrogens is 2. The predicted molar refractivity (Wildman–Crippen MR) is 84.8 cm³/mol. The third-order valence-electron chi connectivity index (χ3n) is 3.83. The molecule has 0 spiro atoms. The minimum Gasteiger partial charge on any atom is -0.502 e. The molecule has 0 atom stereocenters. The van der Waals surface area contributed by atoms with Gasteiger partial charge in [0.1, 0.15) is 0 Å². The highest BCUT2D eigenvalue weighted by molar-refractivity contribution is 7.71. The van der Waals surface area contributed by atoms with Gasteiger partial charge in [-0.1, -0.05) is 6.07 Å². The summed E-state index contributed by atoms with van der Waals surface area (Å²) in [6.45, 7) is 1.59. The maximum absolute atomic E-state index is 12.0. The van der Waals surface area contributed by atoms with E-state index in [4.69, 9.17) is 12.2 Å². The van der Waals surface area contributed by atoms with E-state index in [-0.39, 0.29) is 17.0 Å². The normalized spacial score (nSPS) is 14.4. The van der Waals surface area contributed by atoms with Crippen molar-refractivity contribution < 1.29 is 10.0 Å². The van der Waals surface area contributed by atoms with Crippen LogP contribution in [0.1, 0.15) is 16.8 Å². The van der Waals surface area contributed by atoms with Crippen molar-refractivity contribution in [2.45, 2.75) is 19.5 Å². The van der Waals surface area contributed by atoms with Crippen LogP contribution in [0.15, 0.2) is 23.0 Å². The first-order valence-electron chi connectivity index (χ1n) is 6.97. The molecule has 0 saturated heterocycles. The lowest BCUT2D eigenvalue weighted by Gasteiger charge is -2.27. The van der Waals surface area contributed by atoms with Crippen LogP contribution in [0.4, 0.5) is 5.69 Å². The van der Waals surface area contributed by atoms with E-state index in [1.54, 1.807) is 6.07 Å². The van der Waals surface area contributed by atoms with Gasteiger partial charge >= 0.3 is 5.69 Å². The summed E-state index contributed by atoms with van der Waals surface area (Å²) in [7, 11) is 0. The summed E-state index contributed by atoms with van der Waals surface area (Å²) in [6, 6.07) is 4.31. The molecule has 1 aromatic heterocycles. The number of nitro benzene ring substituents is 1. The van der Waals surface area contributed by atoms with Crippen molar-refractivity contribution in [1.82, 2.24) is 14.9 Å². The molecule has 9 heteroatoms. The zero-order valence-electron chi connectivity index (χ0n) is 12.0. The maximum Gasteiger partial charge on any atom is 0.311 e. The van der Waals surface area contributed by atoms with Crippen LogP contribution in [0.2, 0.25) is 0 Å². The molecular formula is C14H14N4O4S. The van der Waals surface area contributed by atoms with Crippen LogP contribution in [0.5, 0.6) is 5.75 Å². The third-order valence-corrected chi connectivity index (χ3v) is 4.04. The van der Waals surface area contributed by atoms with E-state index in [1.165, 1.54) is 12.1 Å². The van der Waals surface area contributed by atoms with E-state index < -0.39 is 4.92 Å². The molecule has 1 aromatic carbocycles.